The van der Waals surface area contributed by atoms with Gasteiger partial charge in [-0.25, -0.2) is 8.42 Å². The van der Waals surface area contributed by atoms with E-state index in [1.54, 1.807) is 4.90 Å². The van der Waals surface area contributed by atoms with Crippen molar-refractivity contribution in [2.75, 3.05) is 24.9 Å². The van der Waals surface area contributed by atoms with Crippen LogP contribution < -0.4 is 9.46 Å². The molecule has 1 N–H and O–H groups in total. The van der Waals surface area contributed by atoms with Crippen LogP contribution in [0.4, 0.5) is 5.13 Å². The van der Waals surface area contributed by atoms with Gasteiger partial charge < -0.3 is 9.64 Å². The number of carbonyl (C=O) groups excluding carboxylic acids is 1. The summed E-state index contributed by atoms with van der Waals surface area (Å²) in [5.41, 5.74) is 1.38. The Morgan fingerprint density at radius 3 is 2.53 bits per heavy atom. The fourth-order valence-electron chi connectivity index (χ4n) is 3.67. The maximum Gasteiger partial charge on any atom is 0.263 e. The second-order valence-electron chi connectivity index (χ2n) is 7.82. The molecule has 3 aromatic rings. The third-order valence-electron chi connectivity index (χ3n) is 5.44. The number of likely N-dealkylation sites (tertiary alicyclic amines) is 1. The molecule has 0 saturated carbocycles. The van der Waals surface area contributed by atoms with E-state index >= 15 is 0 Å². The first kappa shape index (κ1) is 24.5. The number of carbonyl (C=O) groups is 1. The van der Waals surface area contributed by atoms with Gasteiger partial charge in [0.05, 0.1) is 17.6 Å². The van der Waals surface area contributed by atoms with Crippen molar-refractivity contribution in [1.29, 1.82) is 0 Å². The first-order valence-corrected chi connectivity index (χ1v) is 14.2. The van der Waals surface area contributed by atoms with Gasteiger partial charge in [-0.3, -0.25) is 9.52 Å². The van der Waals surface area contributed by atoms with E-state index in [-0.39, 0.29) is 21.5 Å². The average Bonchev–Trinajstić information content (AvgIpc) is 3.11. The molecule has 4 rings (SSSR count). The van der Waals surface area contributed by atoms with E-state index in [2.05, 4.69) is 14.9 Å². The van der Waals surface area contributed by atoms with Gasteiger partial charge in [-0.2, -0.15) is 0 Å². The van der Waals surface area contributed by atoms with Crippen LogP contribution in [0.3, 0.4) is 0 Å². The molecule has 1 aliphatic heterocycles. The molecule has 8 nitrogen and oxygen atoms in total. The predicted octanol–water partition coefficient (Wildman–Crippen LogP) is 4.66. The smallest absolute Gasteiger partial charge is 0.263 e. The Kier molecular flexibility index (Phi) is 8.07. The maximum absolute atomic E-state index is 13.2. The number of hydrogen-bond donors (Lipinski definition) is 1. The summed E-state index contributed by atoms with van der Waals surface area (Å²) < 4.78 is 34.6. The molecular weight excluding hydrogens is 492 g/mol. The zero-order chi connectivity index (χ0) is 24.0. The molecule has 34 heavy (non-hydrogen) atoms. The van der Waals surface area contributed by atoms with Gasteiger partial charge in [0.25, 0.3) is 15.9 Å². The Balaban J connectivity index is 1.49. The van der Waals surface area contributed by atoms with Crippen LogP contribution in [0.25, 0.3) is 0 Å². The molecule has 2 heterocycles. The standard InChI is InChI=1S/C23H26N4O4S3/c1-31-20-12-11-18(15-19(20)21(28)27-13-7-2-3-8-14-27)34(29,30)26-22-24-25-23(33-22)32-16-17-9-5-4-6-10-17/h4-6,9-12,15H,2-3,7-8,13-14,16H2,1H3,(H,24,26). The molecule has 1 fully saturated rings. The molecule has 0 unspecified atom stereocenters. The SMILES string of the molecule is COc1ccc(S(=O)(=O)Nc2nnc(SCc3ccccc3)s2)cc1C(=O)N1CCCCCC1. The highest BCUT2D eigenvalue weighted by Gasteiger charge is 2.25. The van der Waals surface area contributed by atoms with Gasteiger partial charge in [0.2, 0.25) is 5.13 Å². The topological polar surface area (TPSA) is 101 Å². The monoisotopic (exact) mass is 518 g/mol. The quantitative estimate of drug-likeness (QED) is 0.433. The average molecular weight is 519 g/mol. The second kappa shape index (κ2) is 11.2. The molecular formula is C23H26N4O4S3. The number of hydrogen-bond acceptors (Lipinski definition) is 8. The number of sulfonamides is 1. The van der Waals surface area contributed by atoms with Gasteiger partial charge in [0, 0.05) is 18.8 Å². The minimum Gasteiger partial charge on any atom is -0.496 e. The van der Waals surface area contributed by atoms with E-state index < -0.39 is 10.0 Å². The summed E-state index contributed by atoms with van der Waals surface area (Å²) in [5, 5.41) is 8.22. The summed E-state index contributed by atoms with van der Waals surface area (Å²) in [6.07, 6.45) is 4.06. The Hall–Kier alpha value is -2.63. The summed E-state index contributed by atoms with van der Waals surface area (Å²) in [7, 11) is -2.49. The van der Waals surface area contributed by atoms with Crippen molar-refractivity contribution in [2.24, 2.45) is 0 Å². The molecule has 180 valence electrons. The number of thioether (sulfide) groups is 1. The van der Waals surface area contributed by atoms with Crippen LogP contribution in [0.2, 0.25) is 0 Å². The van der Waals surface area contributed by atoms with Gasteiger partial charge in [0.1, 0.15) is 5.75 Å². The van der Waals surface area contributed by atoms with Crippen LogP contribution in [-0.2, 0) is 15.8 Å². The summed E-state index contributed by atoms with van der Waals surface area (Å²) in [6, 6.07) is 14.2. The number of anilines is 1. The zero-order valence-corrected chi connectivity index (χ0v) is 21.2. The van der Waals surface area contributed by atoms with Crippen LogP contribution in [-0.4, -0.2) is 49.6 Å². The lowest BCUT2D eigenvalue weighted by Gasteiger charge is -2.22. The van der Waals surface area contributed by atoms with Gasteiger partial charge in [-0.15, -0.1) is 10.2 Å². The third-order valence-corrected chi connectivity index (χ3v) is 8.95. The molecule has 1 amide bonds. The third kappa shape index (κ3) is 6.08. The van der Waals surface area contributed by atoms with Gasteiger partial charge >= 0.3 is 0 Å². The largest absolute Gasteiger partial charge is 0.496 e. The number of methoxy groups -OCH3 is 1. The fourth-order valence-corrected chi connectivity index (χ4v) is 6.63. The van der Waals surface area contributed by atoms with Crippen molar-refractivity contribution in [3.8, 4) is 5.75 Å². The highest BCUT2D eigenvalue weighted by Crippen LogP contribution is 2.30. The first-order chi connectivity index (χ1) is 16.5. The van der Waals surface area contributed by atoms with Crippen LogP contribution >= 0.6 is 23.1 Å². The zero-order valence-electron chi connectivity index (χ0n) is 18.8. The molecule has 0 bridgehead atoms. The summed E-state index contributed by atoms with van der Waals surface area (Å²) in [6.45, 7) is 1.32. The highest BCUT2D eigenvalue weighted by molar-refractivity contribution is 8.00. The Labute approximate surface area is 207 Å². The summed E-state index contributed by atoms with van der Waals surface area (Å²) >= 11 is 2.66. The van der Waals surface area contributed by atoms with Crippen molar-refractivity contribution in [1.82, 2.24) is 15.1 Å². The van der Waals surface area contributed by atoms with Crippen molar-refractivity contribution in [3.05, 3.63) is 59.7 Å². The van der Waals surface area contributed by atoms with Gasteiger partial charge in [-0.05, 0) is 36.6 Å². The number of rotatable bonds is 8. The van der Waals surface area contributed by atoms with Crippen molar-refractivity contribution in [2.45, 2.75) is 40.7 Å². The van der Waals surface area contributed by atoms with E-state index in [0.29, 0.717) is 28.9 Å². The highest BCUT2D eigenvalue weighted by atomic mass is 32.2. The van der Waals surface area contributed by atoms with Crippen molar-refractivity contribution < 1.29 is 17.9 Å². The van der Waals surface area contributed by atoms with Gasteiger partial charge in [0.15, 0.2) is 4.34 Å². The van der Waals surface area contributed by atoms with E-state index in [1.807, 2.05) is 30.3 Å². The lowest BCUT2D eigenvalue weighted by atomic mass is 10.1. The Bertz CT molecular complexity index is 1220. The van der Waals surface area contributed by atoms with Crippen LogP contribution in [0.1, 0.15) is 41.6 Å². The normalized spacial score (nSPS) is 14.4. The Morgan fingerprint density at radius 1 is 1.09 bits per heavy atom. The molecule has 1 aliphatic rings. The number of nitrogens with zero attached hydrogens (tertiary/aromatic N) is 3. The molecule has 2 aromatic carbocycles. The predicted molar refractivity (Wildman–Crippen MR) is 134 cm³/mol. The summed E-state index contributed by atoms with van der Waals surface area (Å²) in [4.78, 5) is 14.9. The van der Waals surface area contributed by atoms with Crippen molar-refractivity contribution >= 4 is 44.2 Å². The molecule has 1 saturated heterocycles. The first-order valence-electron chi connectivity index (χ1n) is 11.0. The summed E-state index contributed by atoms with van der Waals surface area (Å²) in [5.74, 6) is 0.845. The number of nitrogens with one attached hydrogen (secondary N) is 1. The molecule has 0 spiro atoms. The molecule has 11 heteroatoms. The fraction of sp³-hybridized carbons (Fsp3) is 0.348. The van der Waals surface area contributed by atoms with Crippen LogP contribution in [0.15, 0.2) is 57.8 Å². The van der Waals surface area contributed by atoms with E-state index in [0.717, 1.165) is 31.2 Å². The van der Waals surface area contributed by atoms with E-state index in [9.17, 15) is 13.2 Å². The van der Waals surface area contributed by atoms with E-state index in [4.69, 9.17) is 4.74 Å². The lowest BCUT2D eigenvalue weighted by molar-refractivity contribution is 0.0758. The van der Waals surface area contributed by atoms with Crippen molar-refractivity contribution in [3.63, 3.8) is 0 Å². The number of amides is 1. The second-order valence-corrected chi connectivity index (χ2v) is 11.7. The molecule has 0 atom stereocenters. The lowest BCUT2D eigenvalue weighted by Crippen LogP contribution is -2.32. The van der Waals surface area contributed by atoms with Crippen LogP contribution in [0, 0.1) is 0 Å². The maximum atomic E-state index is 13.2. The minimum absolute atomic E-state index is 0.0276. The minimum atomic E-state index is -3.96. The Morgan fingerprint density at radius 2 is 1.82 bits per heavy atom. The van der Waals surface area contributed by atoms with E-state index in [1.165, 1.54) is 48.4 Å². The number of aromatic nitrogens is 2. The number of benzene rings is 2. The molecule has 0 radical (unpaired) electrons. The molecule has 1 aromatic heterocycles. The molecule has 0 aliphatic carbocycles. The van der Waals surface area contributed by atoms with Crippen LogP contribution in [0.5, 0.6) is 5.75 Å². The van der Waals surface area contributed by atoms with Gasteiger partial charge in [-0.1, -0.05) is 66.3 Å². The number of ether oxygens (including phenoxy) is 1.